The van der Waals surface area contributed by atoms with Crippen molar-refractivity contribution in [1.29, 1.82) is 0 Å². The quantitative estimate of drug-likeness (QED) is 0.443. The van der Waals surface area contributed by atoms with E-state index >= 15 is 0 Å². The molecule has 0 aromatic heterocycles. The molecule has 92 valence electrons. The van der Waals surface area contributed by atoms with Crippen LogP contribution in [-0.2, 0) is 4.79 Å². The van der Waals surface area contributed by atoms with Crippen LogP contribution in [0.3, 0.4) is 0 Å². The Morgan fingerprint density at radius 1 is 1.53 bits per heavy atom. The first-order valence-corrected chi connectivity index (χ1v) is 5.87. The molecule has 4 nitrogen and oxygen atoms in total. The van der Waals surface area contributed by atoms with Gasteiger partial charge in [0.25, 0.3) is 5.69 Å². The van der Waals surface area contributed by atoms with E-state index in [0.717, 1.165) is 12.8 Å². The predicted molar refractivity (Wildman–Crippen MR) is 66.2 cm³/mol. The summed E-state index contributed by atoms with van der Waals surface area (Å²) < 4.78 is 0. The number of benzene rings is 1. The highest BCUT2D eigenvalue weighted by Crippen LogP contribution is 2.27. The third-order valence-electron chi connectivity index (χ3n) is 2.60. The maximum Gasteiger partial charge on any atom is 0.269 e. The van der Waals surface area contributed by atoms with E-state index in [1.807, 2.05) is 6.92 Å². The number of carbonyl (C=O) groups excluding carboxylic acids is 1. The minimum Gasteiger partial charge on any atom is -0.281 e. The van der Waals surface area contributed by atoms with Gasteiger partial charge in [0, 0.05) is 12.1 Å². The second-order valence-corrected chi connectivity index (χ2v) is 4.22. The maximum atomic E-state index is 11.3. The Hall–Kier alpha value is -1.42. The topological polar surface area (TPSA) is 60.2 Å². The molecule has 0 bridgehead atoms. The lowest BCUT2D eigenvalue weighted by Crippen LogP contribution is -2.07. The van der Waals surface area contributed by atoms with Gasteiger partial charge in [-0.25, -0.2) is 0 Å². The fourth-order valence-electron chi connectivity index (χ4n) is 1.67. The Balaban J connectivity index is 2.97. The molecule has 1 aromatic carbocycles. The molecule has 0 saturated carbocycles. The lowest BCUT2D eigenvalue weighted by Gasteiger charge is -2.11. The zero-order valence-electron chi connectivity index (χ0n) is 9.56. The van der Waals surface area contributed by atoms with E-state index in [1.165, 1.54) is 12.1 Å². The molecule has 0 saturated heterocycles. The minimum absolute atomic E-state index is 0.0121. The van der Waals surface area contributed by atoms with Crippen LogP contribution in [0.2, 0.25) is 0 Å². The number of rotatable bonds is 6. The van der Waals surface area contributed by atoms with Crippen molar-refractivity contribution in [2.75, 3.05) is 0 Å². The molecule has 1 aromatic rings. The van der Waals surface area contributed by atoms with Crippen LogP contribution in [0.15, 0.2) is 24.3 Å². The number of halogens is 1. The molecule has 0 aliphatic carbocycles. The molecule has 0 radical (unpaired) electrons. The highest BCUT2D eigenvalue weighted by Gasteiger charge is 2.20. The van der Waals surface area contributed by atoms with E-state index in [2.05, 4.69) is 0 Å². The smallest absolute Gasteiger partial charge is 0.269 e. The molecule has 1 atom stereocenters. The highest BCUT2D eigenvalue weighted by atomic mass is 35.5. The van der Waals surface area contributed by atoms with Crippen LogP contribution in [0.4, 0.5) is 5.69 Å². The predicted octanol–water partition coefficient (Wildman–Crippen LogP) is 3.63. The Morgan fingerprint density at radius 3 is 2.76 bits per heavy atom. The SMILES string of the molecule is CCCCC(C(=O)Cl)c1cccc([N+](=O)[O-])c1. The van der Waals surface area contributed by atoms with Gasteiger partial charge in [-0.2, -0.15) is 0 Å². The van der Waals surface area contributed by atoms with Crippen LogP contribution in [-0.4, -0.2) is 10.2 Å². The van der Waals surface area contributed by atoms with E-state index in [4.69, 9.17) is 11.6 Å². The molecule has 1 unspecified atom stereocenters. The summed E-state index contributed by atoms with van der Waals surface area (Å²) in [6.07, 6.45) is 2.45. The average molecular weight is 256 g/mol. The van der Waals surface area contributed by atoms with Crippen LogP contribution >= 0.6 is 11.6 Å². The zero-order chi connectivity index (χ0) is 12.8. The van der Waals surface area contributed by atoms with Crippen LogP contribution < -0.4 is 0 Å². The third kappa shape index (κ3) is 3.82. The van der Waals surface area contributed by atoms with Gasteiger partial charge in [0.05, 0.1) is 10.8 Å². The molecule has 1 rings (SSSR count). The van der Waals surface area contributed by atoms with Gasteiger partial charge in [-0.1, -0.05) is 31.9 Å². The number of unbranched alkanes of at least 4 members (excludes halogenated alkanes) is 1. The number of hydrogen-bond donors (Lipinski definition) is 0. The summed E-state index contributed by atoms with van der Waals surface area (Å²) in [5.74, 6) is -0.448. The van der Waals surface area contributed by atoms with Crippen LogP contribution in [0.5, 0.6) is 0 Å². The van der Waals surface area contributed by atoms with Crippen molar-refractivity contribution >= 4 is 22.5 Å². The molecule has 0 amide bonds. The van der Waals surface area contributed by atoms with Gasteiger partial charge in [-0.3, -0.25) is 14.9 Å². The Labute approximate surface area is 105 Å². The second-order valence-electron chi connectivity index (χ2n) is 3.85. The summed E-state index contributed by atoms with van der Waals surface area (Å²) in [6, 6.07) is 6.10. The molecule has 0 N–H and O–H groups in total. The lowest BCUT2D eigenvalue weighted by molar-refractivity contribution is -0.384. The first-order chi connectivity index (χ1) is 8.06. The van der Waals surface area contributed by atoms with Crippen molar-refractivity contribution in [2.24, 2.45) is 0 Å². The van der Waals surface area contributed by atoms with E-state index in [-0.39, 0.29) is 5.69 Å². The Kier molecular flexibility index (Phi) is 5.10. The van der Waals surface area contributed by atoms with E-state index in [1.54, 1.807) is 12.1 Å². The summed E-state index contributed by atoms with van der Waals surface area (Å²) in [7, 11) is 0. The molecule has 0 aliphatic heterocycles. The first kappa shape index (κ1) is 13.6. The van der Waals surface area contributed by atoms with Crippen molar-refractivity contribution in [3.63, 3.8) is 0 Å². The van der Waals surface area contributed by atoms with E-state index in [9.17, 15) is 14.9 Å². The van der Waals surface area contributed by atoms with Crippen LogP contribution in [0, 0.1) is 10.1 Å². The van der Waals surface area contributed by atoms with Gasteiger partial charge in [0.15, 0.2) is 0 Å². The molecule has 0 fully saturated rings. The minimum atomic E-state index is -0.473. The summed E-state index contributed by atoms with van der Waals surface area (Å²) in [5.41, 5.74) is 0.606. The van der Waals surface area contributed by atoms with Gasteiger partial charge < -0.3 is 0 Å². The lowest BCUT2D eigenvalue weighted by atomic mass is 9.94. The standard InChI is InChI=1S/C12H14ClNO3/c1-2-3-7-11(12(13)15)9-5-4-6-10(8-9)14(16)17/h4-6,8,11H,2-3,7H2,1H3. The number of hydrogen-bond acceptors (Lipinski definition) is 3. The zero-order valence-corrected chi connectivity index (χ0v) is 10.3. The van der Waals surface area contributed by atoms with Gasteiger partial charge in [0.2, 0.25) is 5.24 Å². The second kappa shape index (κ2) is 6.35. The fraction of sp³-hybridized carbons (Fsp3) is 0.417. The number of nitro benzene ring substituents is 1. The van der Waals surface area contributed by atoms with Crippen molar-refractivity contribution in [3.8, 4) is 0 Å². The molecule has 0 aliphatic rings. The molecule has 0 spiro atoms. The molecule has 5 heteroatoms. The number of non-ortho nitro benzene ring substituents is 1. The highest BCUT2D eigenvalue weighted by molar-refractivity contribution is 6.64. The monoisotopic (exact) mass is 255 g/mol. The molecule has 17 heavy (non-hydrogen) atoms. The number of nitro groups is 1. The van der Waals surface area contributed by atoms with Gasteiger partial charge in [0.1, 0.15) is 0 Å². The Morgan fingerprint density at radius 2 is 2.24 bits per heavy atom. The molecular formula is C12H14ClNO3. The van der Waals surface area contributed by atoms with Crippen molar-refractivity contribution < 1.29 is 9.72 Å². The molecular weight excluding hydrogens is 242 g/mol. The summed E-state index contributed by atoms with van der Waals surface area (Å²) >= 11 is 5.54. The first-order valence-electron chi connectivity index (χ1n) is 5.50. The van der Waals surface area contributed by atoms with Crippen molar-refractivity contribution in [2.45, 2.75) is 32.1 Å². The van der Waals surface area contributed by atoms with E-state index < -0.39 is 16.1 Å². The summed E-state index contributed by atoms with van der Waals surface area (Å²) in [4.78, 5) is 21.5. The maximum absolute atomic E-state index is 11.3. The number of carbonyl (C=O) groups is 1. The Bertz CT molecular complexity index is 420. The normalized spacial score (nSPS) is 12.1. The van der Waals surface area contributed by atoms with Crippen LogP contribution in [0.25, 0.3) is 0 Å². The average Bonchev–Trinajstić information content (AvgIpc) is 2.29. The van der Waals surface area contributed by atoms with Crippen LogP contribution in [0.1, 0.15) is 37.7 Å². The van der Waals surface area contributed by atoms with Crippen molar-refractivity contribution in [1.82, 2.24) is 0 Å². The summed E-state index contributed by atoms with van der Waals surface area (Å²) in [6.45, 7) is 2.02. The largest absolute Gasteiger partial charge is 0.281 e. The van der Waals surface area contributed by atoms with Gasteiger partial charge in [-0.05, 0) is 23.6 Å². The fourth-order valence-corrected chi connectivity index (χ4v) is 1.91. The molecule has 0 heterocycles. The summed E-state index contributed by atoms with van der Waals surface area (Å²) in [5, 5.41) is 10.2. The third-order valence-corrected chi connectivity index (χ3v) is 2.87. The van der Waals surface area contributed by atoms with Gasteiger partial charge in [-0.15, -0.1) is 0 Å². The van der Waals surface area contributed by atoms with E-state index in [0.29, 0.717) is 12.0 Å². The van der Waals surface area contributed by atoms with Gasteiger partial charge >= 0.3 is 0 Å². The number of nitrogens with zero attached hydrogens (tertiary/aromatic N) is 1. The van der Waals surface area contributed by atoms with Crippen molar-refractivity contribution in [3.05, 3.63) is 39.9 Å².